The number of carbonyl (C=O) groups excluding carboxylic acids is 1. The van der Waals surface area contributed by atoms with E-state index >= 15 is 0 Å². The lowest BCUT2D eigenvalue weighted by molar-refractivity contribution is -0.136. The van der Waals surface area contributed by atoms with Crippen molar-refractivity contribution in [3.8, 4) is 0 Å². The molecule has 2 heterocycles. The van der Waals surface area contributed by atoms with Gasteiger partial charge in [0.25, 0.3) is 0 Å². The van der Waals surface area contributed by atoms with E-state index in [1.54, 1.807) is 11.0 Å². The highest BCUT2D eigenvalue weighted by molar-refractivity contribution is 5.90. The third-order valence-corrected chi connectivity index (χ3v) is 3.87. The van der Waals surface area contributed by atoms with Crippen LogP contribution in [-0.2, 0) is 4.79 Å². The highest BCUT2D eigenvalue weighted by atomic mass is 16.2. The number of aromatic nitrogens is 2. The summed E-state index contributed by atoms with van der Waals surface area (Å²) in [5, 5.41) is 0. The number of rotatable bonds is 3. The average Bonchev–Trinajstić information content (AvgIpc) is 2.44. The molecule has 2 rings (SSSR count). The molecule has 116 valence electrons. The van der Waals surface area contributed by atoms with Crippen LogP contribution in [0.2, 0.25) is 0 Å². The maximum absolute atomic E-state index is 12.4. The maximum Gasteiger partial charge on any atom is 0.247 e. The normalized spacial score (nSPS) is 18.3. The summed E-state index contributed by atoms with van der Waals surface area (Å²) in [5.41, 5.74) is 1.94. The molecular formula is C14H24N6O. The van der Waals surface area contributed by atoms with Crippen LogP contribution in [0.25, 0.3) is 0 Å². The highest BCUT2D eigenvalue weighted by Crippen LogP contribution is 2.29. The molecule has 0 unspecified atom stereocenters. The van der Waals surface area contributed by atoms with Crippen molar-refractivity contribution in [1.29, 1.82) is 0 Å². The molecule has 0 aromatic carbocycles. The summed E-state index contributed by atoms with van der Waals surface area (Å²) in [5.74, 6) is 7.77. The van der Waals surface area contributed by atoms with Gasteiger partial charge in [0.1, 0.15) is 23.0 Å². The standard InChI is InChI=1S/C14H24N6O/c1-9(2)12-16-10(18-15)8-11(17-12)20-7-6-19(5)13(21)14(20,3)4/h8-9H,6-7,15H2,1-5H3,(H,16,17,18). The maximum atomic E-state index is 12.4. The Morgan fingerprint density at radius 3 is 2.57 bits per heavy atom. The molecular weight excluding hydrogens is 268 g/mol. The van der Waals surface area contributed by atoms with E-state index in [4.69, 9.17) is 5.84 Å². The SMILES string of the molecule is CC(C)c1nc(NN)cc(N2CCN(C)C(=O)C2(C)C)n1. The van der Waals surface area contributed by atoms with E-state index in [-0.39, 0.29) is 11.8 Å². The molecule has 1 amide bonds. The van der Waals surface area contributed by atoms with Gasteiger partial charge in [0.05, 0.1) is 0 Å². The van der Waals surface area contributed by atoms with Crippen LogP contribution in [0.4, 0.5) is 11.6 Å². The summed E-state index contributed by atoms with van der Waals surface area (Å²) in [6.45, 7) is 9.29. The molecule has 7 nitrogen and oxygen atoms in total. The zero-order chi connectivity index (χ0) is 15.8. The van der Waals surface area contributed by atoms with E-state index in [0.29, 0.717) is 18.2 Å². The van der Waals surface area contributed by atoms with Crippen molar-refractivity contribution in [2.75, 3.05) is 30.5 Å². The molecule has 1 aliphatic rings. The van der Waals surface area contributed by atoms with Crippen molar-refractivity contribution < 1.29 is 4.79 Å². The van der Waals surface area contributed by atoms with E-state index in [0.717, 1.165) is 12.4 Å². The Morgan fingerprint density at radius 2 is 2.00 bits per heavy atom. The van der Waals surface area contributed by atoms with Gasteiger partial charge in [0, 0.05) is 32.1 Å². The third-order valence-electron chi connectivity index (χ3n) is 3.87. The van der Waals surface area contributed by atoms with Crippen LogP contribution in [0.5, 0.6) is 0 Å². The monoisotopic (exact) mass is 292 g/mol. The first-order chi connectivity index (χ1) is 9.77. The fourth-order valence-electron chi connectivity index (χ4n) is 2.54. The van der Waals surface area contributed by atoms with Gasteiger partial charge >= 0.3 is 0 Å². The minimum Gasteiger partial charge on any atom is -0.342 e. The van der Waals surface area contributed by atoms with Crippen molar-refractivity contribution in [3.05, 3.63) is 11.9 Å². The van der Waals surface area contributed by atoms with E-state index in [9.17, 15) is 4.79 Å². The molecule has 7 heteroatoms. The van der Waals surface area contributed by atoms with Gasteiger partial charge in [-0.3, -0.25) is 4.79 Å². The van der Waals surface area contributed by atoms with Gasteiger partial charge in [-0.05, 0) is 13.8 Å². The number of nitrogens with two attached hydrogens (primary N) is 1. The Kier molecular flexibility index (Phi) is 4.04. The Balaban J connectivity index is 2.45. The van der Waals surface area contributed by atoms with E-state index in [1.807, 2.05) is 39.6 Å². The first-order valence-corrected chi connectivity index (χ1v) is 7.16. The van der Waals surface area contributed by atoms with Crippen LogP contribution >= 0.6 is 0 Å². The number of nitrogens with one attached hydrogen (secondary N) is 1. The Labute approximate surface area is 125 Å². The summed E-state index contributed by atoms with van der Waals surface area (Å²) >= 11 is 0. The van der Waals surface area contributed by atoms with E-state index < -0.39 is 5.54 Å². The van der Waals surface area contributed by atoms with Gasteiger partial charge in [0.15, 0.2) is 0 Å². The van der Waals surface area contributed by atoms with Gasteiger partial charge in [-0.15, -0.1) is 0 Å². The topological polar surface area (TPSA) is 87.4 Å². The molecule has 1 aromatic rings. The molecule has 0 spiro atoms. The number of nitrogens with zero attached hydrogens (tertiary/aromatic N) is 4. The second kappa shape index (κ2) is 5.48. The molecule has 21 heavy (non-hydrogen) atoms. The van der Waals surface area contributed by atoms with Gasteiger partial charge in [-0.1, -0.05) is 13.8 Å². The summed E-state index contributed by atoms with van der Waals surface area (Å²) < 4.78 is 0. The Hall–Kier alpha value is -1.89. The van der Waals surface area contributed by atoms with Gasteiger partial charge in [-0.25, -0.2) is 15.8 Å². The highest BCUT2D eigenvalue weighted by Gasteiger charge is 2.41. The van der Waals surface area contributed by atoms with Crippen molar-refractivity contribution in [2.45, 2.75) is 39.2 Å². The lowest BCUT2D eigenvalue weighted by Gasteiger charge is -2.45. The van der Waals surface area contributed by atoms with Crippen LogP contribution in [0.1, 0.15) is 39.4 Å². The fraction of sp³-hybridized carbons (Fsp3) is 0.643. The largest absolute Gasteiger partial charge is 0.342 e. The van der Waals surface area contributed by atoms with Crippen molar-refractivity contribution in [2.24, 2.45) is 5.84 Å². The first kappa shape index (κ1) is 15.5. The summed E-state index contributed by atoms with van der Waals surface area (Å²) in [4.78, 5) is 25.1. The molecule has 1 aromatic heterocycles. The van der Waals surface area contributed by atoms with Gasteiger partial charge < -0.3 is 15.2 Å². The Morgan fingerprint density at radius 1 is 1.33 bits per heavy atom. The van der Waals surface area contributed by atoms with Crippen molar-refractivity contribution >= 4 is 17.5 Å². The van der Waals surface area contributed by atoms with E-state index in [2.05, 4.69) is 15.4 Å². The number of hydrogen-bond donors (Lipinski definition) is 2. The second-order valence-electron chi connectivity index (χ2n) is 6.21. The quantitative estimate of drug-likeness (QED) is 0.637. The molecule has 1 saturated heterocycles. The minimum absolute atomic E-state index is 0.0840. The number of hydrazine groups is 1. The number of hydrogen-bond acceptors (Lipinski definition) is 6. The lowest BCUT2D eigenvalue weighted by Crippen LogP contribution is -2.62. The molecule has 0 atom stereocenters. The molecule has 0 saturated carbocycles. The number of amides is 1. The fourth-order valence-corrected chi connectivity index (χ4v) is 2.54. The smallest absolute Gasteiger partial charge is 0.247 e. The average molecular weight is 292 g/mol. The van der Waals surface area contributed by atoms with Crippen LogP contribution in [0.3, 0.4) is 0 Å². The summed E-state index contributed by atoms with van der Waals surface area (Å²) in [6, 6.07) is 1.78. The van der Waals surface area contributed by atoms with Crippen LogP contribution in [0, 0.1) is 0 Å². The van der Waals surface area contributed by atoms with Crippen LogP contribution in [-0.4, -0.2) is 46.5 Å². The lowest BCUT2D eigenvalue weighted by atomic mass is 9.98. The number of likely N-dealkylation sites (N-methyl/N-ethyl adjacent to an activating group) is 1. The van der Waals surface area contributed by atoms with E-state index in [1.165, 1.54) is 0 Å². The predicted octanol–water partition coefficient (Wildman–Crippen LogP) is 0.943. The predicted molar refractivity (Wildman–Crippen MR) is 83.0 cm³/mol. The third kappa shape index (κ3) is 2.78. The Bertz CT molecular complexity index is 542. The number of nitrogen functional groups attached to an aromatic ring is 1. The van der Waals surface area contributed by atoms with Gasteiger partial charge in [0.2, 0.25) is 5.91 Å². The number of anilines is 2. The molecule has 0 bridgehead atoms. The van der Waals surface area contributed by atoms with Crippen molar-refractivity contribution in [3.63, 3.8) is 0 Å². The second-order valence-corrected chi connectivity index (χ2v) is 6.21. The van der Waals surface area contributed by atoms with Crippen molar-refractivity contribution in [1.82, 2.24) is 14.9 Å². The molecule has 0 aliphatic carbocycles. The first-order valence-electron chi connectivity index (χ1n) is 7.16. The molecule has 3 N–H and O–H groups in total. The zero-order valence-corrected chi connectivity index (χ0v) is 13.3. The minimum atomic E-state index is -0.637. The zero-order valence-electron chi connectivity index (χ0n) is 13.3. The molecule has 1 aliphatic heterocycles. The number of carbonyl (C=O) groups is 1. The number of piperazine rings is 1. The summed E-state index contributed by atoms with van der Waals surface area (Å²) in [6.07, 6.45) is 0. The van der Waals surface area contributed by atoms with Crippen LogP contribution < -0.4 is 16.2 Å². The molecule has 0 radical (unpaired) electrons. The van der Waals surface area contributed by atoms with Gasteiger partial charge in [-0.2, -0.15) is 0 Å². The molecule has 1 fully saturated rings. The van der Waals surface area contributed by atoms with Crippen LogP contribution in [0.15, 0.2) is 6.07 Å². The summed E-state index contributed by atoms with van der Waals surface area (Å²) in [7, 11) is 1.83.